The van der Waals surface area contributed by atoms with Crippen LogP contribution >= 0.6 is 24.0 Å². The molecule has 0 radical (unpaired) electrons. The summed E-state index contributed by atoms with van der Waals surface area (Å²) in [6, 6.07) is 8.77. The molecule has 1 aliphatic carbocycles. The number of morpholine rings is 1. The molecule has 2 fully saturated rings. The molecule has 6 nitrogen and oxygen atoms in total. The van der Waals surface area contributed by atoms with E-state index in [0.717, 1.165) is 44.6 Å². The monoisotopic (exact) mass is 516 g/mol. The Bertz CT molecular complexity index is 631. The topological polar surface area (TPSA) is 58.1 Å². The fourth-order valence-electron chi connectivity index (χ4n) is 3.73. The van der Waals surface area contributed by atoms with Crippen molar-refractivity contribution in [1.29, 1.82) is 0 Å². The number of nitrogens with zero attached hydrogens (tertiary/aromatic N) is 2. The molecule has 7 heteroatoms. The molecule has 2 N–H and O–H groups in total. The summed E-state index contributed by atoms with van der Waals surface area (Å²) in [5, 5.41) is 6.96. The summed E-state index contributed by atoms with van der Waals surface area (Å²) in [6.45, 7) is 9.80. The first-order chi connectivity index (χ1) is 13.7. The second kappa shape index (κ2) is 12.6. The molecule has 2 aliphatic rings. The van der Waals surface area contributed by atoms with Gasteiger partial charge in [0.15, 0.2) is 5.96 Å². The van der Waals surface area contributed by atoms with Crippen LogP contribution in [-0.2, 0) is 11.3 Å². The van der Waals surface area contributed by atoms with E-state index in [-0.39, 0.29) is 24.0 Å². The zero-order valence-corrected chi connectivity index (χ0v) is 20.4. The minimum absolute atomic E-state index is 0. The lowest BCUT2D eigenvalue weighted by atomic mass is 9.96. The predicted octanol–water partition coefficient (Wildman–Crippen LogP) is 3.26. The molecule has 1 atom stereocenters. The van der Waals surface area contributed by atoms with Crippen LogP contribution in [0.4, 0.5) is 0 Å². The highest BCUT2D eigenvalue weighted by atomic mass is 127. The molecule has 3 rings (SSSR count). The van der Waals surface area contributed by atoms with Crippen molar-refractivity contribution >= 4 is 29.9 Å². The average molecular weight is 516 g/mol. The highest BCUT2D eigenvalue weighted by Gasteiger charge is 2.24. The zero-order valence-electron chi connectivity index (χ0n) is 18.0. The molecular weight excluding hydrogens is 479 g/mol. The Hall–Kier alpha value is -1.06. The van der Waals surface area contributed by atoms with Crippen LogP contribution < -0.4 is 15.4 Å². The van der Waals surface area contributed by atoms with Crippen molar-refractivity contribution in [2.45, 2.75) is 51.8 Å². The minimum atomic E-state index is 0. The molecule has 1 heterocycles. The maximum Gasteiger partial charge on any atom is 0.191 e. The molecule has 0 spiro atoms. The van der Waals surface area contributed by atoms with Crippen LogP contribution in [0.3, 0.4) is 0 Å². The predicted molar refractivity (Wildman–Crippen MR) is 129 cm³/mol. The molecule has 1 saturated carbocycles. The van der Waals surface area contributed by atoms with Crippen LogP contribution in [0.25, 0.3) is 0 Å². The third-order valence-electron chi connectivity index (χ3n) is 5.75. The van der Waals surface area contributed by atoms with Gasteiger partial charge in [-0.05, 0) is 31.2 Å². The van der Waals surface area contributed by atoms with Gasteiger partial charge in [-0.1, -0.05) is 32.0 Å². The third-order valence-corrected chi connectivity index (χ3v) is 5.75. The Morgan fingerprint density at radius 2 is 1.93 bits per heavy atom. The first-order valence-electron chi connectivity index (χ1n) is 10.7. The van der Waals surface area contributed by atoms with Crippen LogP contribution in [0, 0.1) is 5.92 Å². The van der Waals surface area contributed by atoms with Gasteiger partial charge in [0.25, 0.3) is 0 Å². The fourth-order valence-corrected chi connectivity index (χ4v) is 3.73. The Kier molecular flexibility index (Phi) is 10.5. The summed E-state index contributed by atoms with van der Waals surface area (Å²) in [7, 11) is 1.82. The van der Waals surface area contributed by atoms with E-state index >= 15 is 0 Å². The van der Waals surface area contributed by atoms with E-state index in [1.54, 1.807) is 0 Å². The first kappa shape index (κ1) is 24.2. The third kappa shape index (κ3) is 7.29. The van der Waals surface area contributed by atoms with Gasteiger partial charge in [0.2, 0.25) is 0 Å². The standard InChI is InChI=1S/C22H36N4O2.HI/c1-17(2)20(26-11-13-27-14-12-26)16-25-22(23-3)24-15-18-7-4-5-10-21(18)28-19-8-6-9-19;/h4-5,7,10,17,19-20H,6,8-9,11-16H2,1-3H3,(H2,23,24,25);1H. The average Bonchev–Trinajstić information content (AvgIpc) is 2.68. The molecule has 1 unspecified atom stereocenters. The molecule has 1 aromatic carbocycles. The van der Waals surface area contributed by atoms with E-state index < -0.39 is 0 Å². The Balaban J connectivity index is 0.00000300. The van der Waals surface area contributed by atoms with Crippen molar-refractivity contribution in [2.24, 2.45) is 10.9 Å². The normalized spacial score (nSPS) is 19.2. The molecule has 1 saturated heterocycles. The van der Waals surface area contributed by atoms with Gasteiger partial charge in [-0.25, -0.2) is 0 Å². The first-order valence-corrected chi connectivity index (χ1v) is 10.7. The quantitative estimate of drug-likeness (QED) is 0.316. The highest BCUT2D eigenvalue weighted by Crippen LogP contribution is 2.27. The van der Waals surface area contributed by atoms with Gasteiger partial charge >= 0.3 is 0 Å². The van der Waals surface area contributed by atoms with Crippen molar-refractivity contribution in [2.75, 3.05) is 39.9 Å². The van der Waals surface area contributed by atoms with Crippen molar-refractivity contribution in [3.63, 3.8) is 0 Å². The number of halogens is 1. The number of ether oxygens (including phenoxy) is 2. The van der Waals surface area contributed by atoms with Gasteiger partial charge in [0, 0.05) is 44.8 Å². The van der Waals surface area contributed by atoms with Crippen molar-refractivity contribution < 1.29 is 9.47 Å². The van der Waals surface area contributed by atoms with Crippen LogP contribution in [-0.4, -0.2) is 62.9 Å². The molecular formula is C22H37IN4O2. The lowest BCUT2D eigenvalue weighted by Gasteiger charge is -2.37. The molecule has 164 valence electrons. The summed E-state index contributed by atoms with van der Waals surface area (Å²) in [5.41, 5.74) is 1.17. The van der Waals surface area contributed by atoms with Gasteiger partial charge in [-0.3, -0.25) is 9.89 Å². The van der Waals surface area contributed by atoms with Crippen LogP contribution in [0.5, 0.6) is 5.75 Å². The number of benzene rings is 1. The van der Waals surface area contributed by atoms with E-state index in [1.165, 1.54) is 24.8 Å². The Morgan fingerprint density at radius 1 is 1.21 bits per heavy atom. The number of nitrogens with one attached hydrogen (secondary N) is 2. The number of hydrogen-bond acceptors (Lipinski definition) is 4. The second-order valence-corrected chi connectivity index (χ2v) is 8.04. The molecule has 0 bridgehead atoms. The lowest BCUT2D eigenvalue weighted by Crippen LogP contribution is -2.52. The summed E-state index contributed by atoms with van der Waals surface area (Å²) in [6.07, 6.45) is 4.01. The largest absolute Gasteiger partial charge is 0.490 e. The summed E-state index contributed by atoms with van der Waals surface area (Å²) < 4.78 is 11.6. The van der Waals surface area contributed by atoms with Gasteiger partial charge in [-0.15, -0.1) is 24.0 Å². The summed E-state index contributed by atoms with van der Waals surface area (Å²) in [5.74, 6) is 2.39. The van der Waals surface area contributed by atoms with Gasteiger partial charge in [0.05, 0.1) is 19.3 Å². The molecule has 0 amide bonds. The number of para-hydroxylation sites is 1. The van der Waals surface area contributed by atoms with Gasteiger partial charge in [0.1, 0.15) is 5.75 Å². The van der Waals surface area contributed by atoms with Gasteiger partial charge in [-0.2, -0.15) is 0 Å². The van der Waals surface area contributed by atoms with E-state index in [4.69, 9.17) is 9.47 Å². The van der Waals surface area contributed by atoms with Crippen LogP contribution in [0.2, 0.25) is 0 Å². The van der Waals surface area contributed by atoms with Crippen molar-refractivity contribution in [1.82, 2.24) is 15.5 Å². The Labute approximate surface area is 192 Å². The molecule has 29 heavy (non-hydrogen) atoms. The smallest absolute Gasteiger partial charge is 0.191 e. The lowest BCUT2D eigenvalue weighted by molar-refractivity contribution is 0.00752. The fraction of sp³-hybridized carbons (Fsp3) is 0.682. The molecule has 1 aromatic rings. The number of aliphatic imine (C=N–C) groups is 1. The maximum atomic E-state index is 6.14. The maximum absolute atomic E-state index is 6.14. The van der Waals surface area contributed by atoms with Crippen LogP contribution in [0.1, 0.15) is 38.7 Å². The highest BCUT2D eigenvalue weighted by molar-refractivity contribution is 14.0. The van der Waals surface area contributed by atoms with Crippen LogP contribution in [0.15, 0.2) is 29.3 Å². The van der Waals surface area contributed by atoms with E-state index in [0.29, 0.717) is 24.6 Å². The van der Waals surface area contributed by atoms with Gasteiger partial charge < -0.3 is 20.1 Å². The molecule has 1 aliphatic heterocycles. The number of hydrogen-bond donors (Lipinski definition) is 2. The van der Waals surface area contributed by atoms with E-state index in [1.807, 2.05) is 13.1 Å². The second-order valence-electron chi connectivity index (χ2n) is 8.04. The molecule has 0 aromatic heterocycles. The SMILES string of the molecule is CN=C(NCc1ccccc1OC1CCC1)NCC(C(C)C)N1CCOCC1.I. The van der Waals surface area contributed by atoms with Crippen molar-refractivity contribution in [3.05, 3.63) is 29.8 Å². The van der Waals surface area contributed by atoms with E-state index in [9.17, 15) is 0 Å². The van der Waals surface area contributed by atoms with E-state index in [2.05, 4.69) is 52.6 Å². The minimum Gasteiger partial charge on any atom is -0.490 e. The number of rotatable bonds is 8. The Morgan fingerprint density at radius 3 is 2.55 bits per heavy atom. The zero-order chi connectivity index (χ0) is 19.8. The summed E-state index contributed by atoms with van der Waals surface area (Å²) >= 11 is 0. The van der Waals surface area contributed by atoms with Crippen molar-refractivity contribution in [3.8, 4) is 5.75 Å². The number of guanidine groups is 1. The summed E-state index contributed by atoms with van der Waals surface area (Å²) in [4.78, 5) is 6.93.